The summed E-state index contributed by atoms with van der Waals surface area (Å²) in [6, 6.07) is 10.2. The molecule has 2 aromatic heterocycles. The minimum atomic E-state index is 0.350. The molecule has 4 rings (SSSR count). The van der Waals surface area contributed by atoms with Gasteiger partial charge in [-0.05, 0) is 42.8 Å². The maximum absolute atomic E-state index is 6.44. The first-order chi connectivity index (χ1) is 13.5. The number of hydrogen-bond donors (Lipinski definition) is 1. The zero-order valence-corrected chi connectivity index (χ0v) is 17.2. The predicted octanol–water partition coefficient (Wildman–Crippen LogP) is 4.04. The van der Waals surface area contributed by atoms with Crippen molar-refractivity contribution >= 4 is 28.5 Å². The molecule has 3 aromatic rings. The molecule has 0 amide bonds. The maximum Gasteiger partial charge on any atom is 0.238 e. The fraction of sp³-hybridized carbons (Fsp3) is 0.381. The van der Waals surface area contributed by atoms with Crippen molar-refractivity contribution in [1.82, 2.24) is 24.9 Å². The van der Waals surface area contributed by atoms with E-state index in [2.05, 4.69) is 57.2 Å². The summed E-state index contributed by atoms with van der Waals surface area (Å²) in [5.41, 5.74) is 7.16. The highest BCUT2D eigenvalue weighted by Gasteiger charge is 2.15. The van der Waals surface area contributed by atoms with Crippen LogP contribution in [0.25, 0.3) is 22.0 Å². The number of anilines is 1. The molecule has 146 valence electrons. The number of likely N-dealkylation sites (N-methyl/N-ethyl adjacent to an activating group) is 1. The second-order valence-corrected chi connectivity index (χ2v) is 7.96. The summed E-state index contributed by atoms with van der Waals surface area (Å²) in [5.74, 6) is 0.980. The Hall–Kier alpha value is -2.28. The second kappa shape index (κ2) is 7.99. The number of hydrogen-bond acceptors (Lipinski definition) is 6. The summed E-state index contributed by atoms with van der Waals surface area (Å²) in [4.78, 5) is 16.0. The Morgan fingerprint density at radius 1 is 1.04 bits per heavy atom. The number of aromatic nitrogens is 3. The van der Waals surface area contributed by atoms with Crippen LogP contribution in [0.3, 0.4) is 0 Å². The largest absolute Gasteiger partial charge is 0.304 e. The lowest BCUT2D eigenvalue weighted by molar-refractivity contribution is 0.178. The number of fused-ring (bicyclic) bond motifs is 1. The lowest BCUT2D eigenvalue weighted by Gasteiger charge is -2.32. The van der Waals surface area contributed by atoms with Crippen molar-refractivity contribution < 1.29 is 0 Å². The van der Waals surface area contributed by atoms with E-state index in [9.17, 15) is 0 Å². The van der Waals surface area contributed by atoms with Crippen molar-refractivity contribution in [2.24, 2.45) is 0 Å². The molecule has 1 aromatic carbocycles. The van der Waals surface area contributed by atoms with Crippen LogP contribution in [0.1, 0.15) is 25.5 Å². The Morgan fingerprint density at radius 3 is 2.54 bits per heavy atom. The molecule has 0 atom stereocenters. The van der Waals surface area contributed by atoms with Gasteiger partial charge in [-0.2, -0.15) is 0 Å². The van der Waals surface area contributed by atoms with E-state index in [4.69, 9.17) is 11.6 Å². The summed E-state index contributed by atoms with van der Waals surface area (Å²) in [6.07, 6.45) is 1.86. The average Bonchev–Trinajstić information content (AvgIpc) is 2.69. The molecule has 7 heteroatoms. The van der Waals surface area contributed by atoms with Crippen LogP contribution in [0.2, 0.25) is 5.15 Å². The van der Waals surface area contributed by atoms with Gasteiger partial charge in [-0.1, -0.05) is 31.5 Å². The smallest absolute Gasteiger partial charge is 0.238 e. The number of benzene rings is 1. The van der Waals surface area contributed by atoms with E-state index >= 15 is 0 Å². The van der Waals surface area contributed by atoms with Crippen LogP contribution in [0, 0.1) is 0 Å². The third kappa shape index (κ3) is 4.09. The Labute approximate surface area is 170 Å². The zero-order valence-electron chi connectivity index (χ0n) is 16.5. The molecular weight excluding hydrogens is 372 g/mol. The van der Waals surface area contributed by atoms with E-state index < -0.39 is 0 Å². The van der Waals surface area contributed by atoms with E-state index in [1.54, 1.807) is 0 Å². The SMILES string of the molecule is CC(C)c1ccc(-c2ccc3nc(NN4CCN(C)CC4)ncc3c2)c(Cl)n1. The van der Waals surface area contributed by atoms with Crippen LogP contribution < -0.4 is 5.43 Å². The maximum atomic E-state index is 6.44. The van der Waals surface area contributed by atoms with Crippen molar-refractivity contribution in [2.75, 3.05) is 38.7 Å². The average molecular weight is 397 g/mol. The van der Waals surface area contributed by atoms with Gasteiger partial charge in [0, 0.05) is 49.0 Å². The molecule has 0 unspecified atom stereocenters. The second-order valence-electron chi connectivity index (χ2n) is 7.60. The molecule has 1 aliphatic heterocycles. The number of halogens is 1. The van der Waals surface area contributed by atoms with Crippen LogP contribution in [0.5, 0.6) is 0 Å². The predicted molar refractivity (Wildman–Crippen MR) is 115 cm³/mol. The Bertz CT molecular complexity index is 982. The van der Waals surface area contributed by atoms with Gasteiger partial charge in [0.25, 0.3) is 0 Å². The van der Waals surface area contributed by atoms with Crippen LogP contribution in [-0.2, 0) is 0 Å². The monoisotopic (exact) mass is 396 g/mol. The van der Waals surface area contributed by atoms with Crippen LogP contribution in [0.15, 0.2) is 36.5 Å². The fourth-order valence-corrected chi connectivity index (χ4v) is 3.57. The van der Waals surface area contributed by atoms with E-state index in [0.717, 1.165) is 53.9 Å². The van der Waals surface area contributed by atoms with Gasteiger partial charge >= 0.3 is 0 Å². The molecule has 6 nitrogen and oxygen atoms in total. The van der Waals surface area contributed by atoms with Crippen molar-refractivity contribution in [3.63, 3.8) is 0 Å². The van der Waals surface area contributed by atoms with Crippen molar-refractivity contribution in [3.8, 4) is 11.1 Å². The molecule has 0 bridgehead atoms. The molecule has 3 heterocycles. The third-order valence-corrected chi connectivity index (χ3v) is 5.40. The minimum absolute atomic E-state index is 0.350. The summed E-state index contributed by atoms with van der Waals surface area (Å²) in [6.45, 7) is 8.20. The summed E-state index contributed by atoms with van der Waals surface area (Å²) >= 11 is 6.44. The van der Waals surface area contributed by atoms with Gasteiger partial charge in [-0.25, -0.2) is 20.0 Å². The molecule has 1 aliphatic rings. The topological polar surface area (TPSA) is 57.2 Å². The van der Waals surface area contributed by atoms with E-state index in [-0.39, 0.29) is 0 Å². The quantitative estimate of drug-likeness (QED) is 0.671. The third-order valence-electron chi connectivity index (χ3n) is 5.11. The first-order valence-corrected chi connectivity index (χ1v) is 10.0. The van der Waals surface area contributed by atoms with Gasteiger partial charge in [-0.15, -0.1) is 0 Å². The highest BCUT2D eigenvalue weighted by molar-refractivity contribution is 6.32. The number of pyridine rings is 1. The van der Waals surface area contributed by atoms with Crippen LogP contribution >= 0.6 is 11.6 Å². The van der Waals surface area contributed by atoms with Crippen LogP contribution in [-0.4, -0.2) is 58.1 Å². The van der Waals surface area contributed by atoms with Gasteiger partial charge in [0.2, 0.25) is 5.95 Å². The van der Waals surface area contributed by atoms with E-state index in [1.165, 1.54) is 0 Å². The van der Waals surface area contributed by atoms with Crippen molar-refractivity contribution in [2.45, 2.75) is 19.8 Å². The Balaban J connectivity index is 1.57. The van der Waals surface area contributed by atoms with Gasteiger partial charge in [0.05, 0.1) is 5.52 Å². The lowest BCUT2D eigenvalue weighted by atomic mass is 10.0. The van der Waals surface area contributed by atoms with Gasteiger partial charge < -0.3 is 4.90 Å². The van der Waals surface area contributed by atoms with E-state index in [0.29, 0.717) is 17.0 Å². The number of piperazine rings is 1. The fourth-order valence-electron chi connectivity index (χ4n) is 3.30. The van der Waals surface area contributed by atoms with Gasteiger partial charge in [0.1, 0.15) is 5.15 Å². The molecule has 0 aliphatic carbocycles. The molecule has 0 saturated carbocycles. The summed E-state index contributed by atoms with van der Waals surface area (Å²) in [7, 11) is 2.14. The number of nitrogens with one attached hydrogen (secondary N) is 1. The molecular formula is C21H25ClN6. The standard InChI is InChI=1S/C21H25ClN6/c1-14(2)18-7-5-17(20(22)24-18)15-4-6-19-16(12-15)13-23-21(25-19)26-28-10-8-27(3)9-11-28/h4-7,12-14H,8-11H2,1-3H3,(H,23,25,26). The Kier molecular flexibility index (Phi) is 5.44. The number of rotatable bonds is 4. The number of nitrogens with zero attached hydrogens (tertiary/aromatic N) is 5. The molecule has 1 fully saturated rings. The minimum Gasteiger partial charge on any atom is -0.304 e. The first-order valence-electron chi connectivity index (χ1n) is 9.63. The Morgan fingerprint density at radius 2 is 1.82 bits per heavy atom. The highest BCUT2D eigenvalue weighted by Crippen LogP contribution is 2.30. The van der Waals surface area contributed by atoms with Gasteiger partial charge in [0.15, 0.2) is 0 Å². The highest BCUT2D eigenvalue weighted by atomic mass is 35.5. The van der Waals surface area contributed by atoms with Gasteiger partial charge in [-0.3, -0.25) is 5.43 Å². The summed E-state index contributed by atoms with van der Waals surface area (Å²) in [5, 5.41) is 3.67. The number of hydrazine groups is 1. The molecule has 1 N–H and O–H groups in total. The molecule has 0 radical (unpaired) electrons. The summed E-state index contributed by atoms with van der Waals surface area (Å²) < 4.78 is 0. The molecule has 1 saturated heterocycles. The van der Waals surface area contributed by atoms with E-state index in [1.807, 2.05) is 30.5 Å². The van der Waals surface area contributed by atoms with Crippen molar-refractivity contribution in [1.29, 1.82) is 0 Å². The van der Waals surface area contributed by atoms with Crippen LogP contribution in [0.4, 0.5) is 5.95 Å². The van der Waals surface area contributed by atoms with Crippen molar-refractivity contribution in [3.05, 3.63) is 47.4 Å². The molecule has 0 spiro atoms. The molecule has 28 heavy (non-hydrogen) atoms. The lowest BCUT2D eigenvalue weighted by Crippen LogP contribution is -2.47. The normalized spacial score (nSPS) is 16.0. The zero-order chi connectivity index (χ0) is 19.7. The first kappa shape index (κ1) is 19.1.